The van der Waals surface area contributed by atoms with Crippen molar-refractivity contribution in [1.82, 2.24) is 25.6 Å². The molecule has 106 valence electrons. The topological polar surface area (TPSA) is 118 Å². The summed E-state index contributed by atoms with van der Waals surface area (Å²) in [5.41, 5.74) is 0. The summed E-state index contributed by atoms with van der Waals surface area (Å²) in [4.78, 5) is 12.8. The lowest BCUT2D eigenvalue weighted by Gasteiger charge is -2.10. The van der Waals surface area contributed by atoms with Crippen molar-refractivity contribution in [3.05, 3.63) is 6.20 Å². The average Bonchev–Trinajstić information content (AvgIpc) is 2.88. The van der Waals surface area contributed by atoms with Gasteiger partial charge >= 0.3 is 0 Å². The third-order valence-corrected chi connectivity index (χ3v) is 3.12. The highest BCUT2D eigenvalue weighted by atomic mass is 32.2. The minimum absolute atomic E-state index is 0.0397. The average molecular weight is 288 g/mol. The fourth-order valence-electron chi connectivity index (χ4n) is 1.79. The Balaban J connectivity index is 1.87. The van der Waals surface area contributed by atoms with Gasteiger partial charge in [-0.05, 0) is 13.0 Å². The Kier molecular flexibility index (Phi) is 4.00. The summed E-state index contributed by atoms with van der Waals surface area (Å²) in [6.07, 6.45) is 3.18. The molecule has 2 heterocycles. The number of sulfonamides is 1. The van der Waals surface area contributed by atoms with E-state index in [2.05, 4.69) is 25.6 Å². The molecule has 0 aliphatic carbocycles. The Morgan fingerprint density at radius 2 is 2.42 bits per heavy atom. The van der Waals surface area contributed by atoms with Crippen molar-refractivity contribution < 1.29 is 13.2 Å². The van der Waals surface area contributed by atoms with Crippen LogP contribution in [-0.4, -0.2) is 54.7 Å². The minimum atomic E-state index is -3.39. The van der Waals surface area contributed by atoms with E-state index in [4.69, 9.17) is 0 Å². The van der Waals surface area contributed by atoms with Gasteiger partial charge in [-0.15, -0.1) is 5.10 Å². The van der Waals surface area contributed by atoms with Crippen LogP contribution in [0.5, 0.6) is 0 Å². The predicted molar refractivity (Wildman–Crippen MR) is 67.9 cm³/mol. The van der Waals surface area contributed by atoms with Gasteiger partial charge in [0.1, 0.15) is 6.54 Å². The van der Waals surface area contributed by atoms with Crippen LogP contribution in [-0.2, 0) is 21.4 Å². The van der Waals surface area contributed by atoms with E-state index in [-0.39, 0.29) is 24.3 Å². The van der Waals surface area contributed by atoms with Crippen molar-refractivity contribution in [2.24, 2.45) is 0 Å². The lowest BCUT2D eigenvalue weighted by Crippen LogP contribution is -2.38. The zero-order valence-electron chi connectivity index (χ0n) is 10.5. The Morgan fingerprint density at radius 3 is 3.05 bits per heavy atom. The Bertz CT molecular complexity index is 548. The third-order valence-electron chi connectivity index (χ3n) is 2.54. The van der Waals surface area contributed by atoms with Gasteiger partial charge in [0, 0.05) is 12.6 Å². The quantitative estimate of drug-likeness (QED) is 0.584. The second-order valence-electron chi connectivity index (χ2n) is 4.39. The van der Waals surface area contributed by atoms with E-state index in [1.165, 1.54) is 6.20 Å². The van der Waals surface area contributed by atoms with Crippen LogP contribution < -0.4 is 15.4 Å². The summed E-state index contributed by atoms with van der Waals surface area (Å²) in [7, 11) is -3.39. The third kappa shape index (κ3) is 4.48. The van der Waals surface area contributed by atoms with Gasteiger partial charge in [-0.1, -0.05) is 0 Å². The van der Waals surface area contributed by atoms with E-state index < -0.39 is 10.0 Å². The van der Waals surface area contributed by atoms with Crippen molar-refractivity contribution in [3.63, 3.8) is 0 Å². The maximum Gasteiger partial charge on any atom is 0.243 e. The molecule has 1 aromatic rings. The van der Waals surface area contributed by atoms with Gasteiger partial charge in [-0.25, -0.2) is 8.42 Å². The number of amides is 1. The van der Waals surface area contributed by atoms with Crippen molar-refractivity contribution >= 4 is 21.7 Å². The zero-order valence-corrected chi connectivity index (χ0v) is 11.3. The van der Waals surface area contributed by atoms with Crippen molar-refractivity contribution in [2.75, 3.05) is 24.1 Å². The van der Waals surface area contributed by atoms with E-state index in [0.29, 0.717) is 0 Å². The molecule has 2 rings (SSSR count). The first kappa shape index (κ1) is 13.7. The number of rotatable bonds is 5. The smallest absolute Gasteiger partial charge is 0.243 e. The van der Waals surface area contributed by atoms with Crippen LogP contribution in [0.2, 0.25) is 0 Å². The number of nitrogens with zero attached hydrogens (tertiary/aromatic N) is 3. The summed E-state index contributed by atoms with van der Waals surface area (Å²) in [6, 6.07) is 0.136. The molecule has 0 aromatic carbocycles. The Hall–Kier alpha value is -1.68. The molecule has 10 heteroatoms. The molecule has 1 saturated heterocycles. The summed E-state index contributed by atoms with van der Waals surface area (Å²) < 4.78 is 24.2. The van der Waals surface area contributed by atoms with Crippen LogP contribution in [0.4, 0.5) is 5.82 Å². The van der Waals surface area contributed by atoms with Gasteiger partial charge in [0.05, 0.1) is 12.5 Å². The van der Waals surface area contributed by atoms with Gasteiger partial charge in [-0.3, -0.25) is 9.52 Å². The molecular weight excluding hydrogens is 272 g/mol. The number of carbonyl (C=O) groups excluding carboxylic acids is 1. The van der Waals surface area contributed by atoms with Crippen LogP contribution in [0.25, 0.3) is 0 Å². The molecule has 0 radical (unpaired) electrons. The fraction of sp³-hybridized carbons (Fsp3) is 0.667. The number of aromatic nitrogens is 3. The molecule has 0 spiro atoms. The van der Waals surface area contributed by atoms with Gasteiger partial charge in [-0.2, -0.15) is 9.90 Å². The normalized spacial score (nSPS) is 19.3. The van der Waals surface area contributed by atoms with E-state index in [9.17, 15) is 13.2 Å². The molecule has 9 nitrogen and oxygen atoms in total. The Morgan fingerprint density at radius 1 is 1.63 bits per heavy atom. The number of carbonyl (C=O) groups is 1. The number of hydrogen-bond acceptors (Lipinski definition) is 6. The first-order valence-corrected chi connectivity index (χ1v) is 7.69. The monoisotopic (exact) mass is 288 g/mol. The van der Waals surface area contributed by atoms with E-state index in [0.717, 1.165) is 30.6 Å². The second kappa shape index (κ2) is 5.53. The molecule has 0 bridgehead atoms. The first-order chi connectivity index (χ1) is 8.92. The van der Waals surface area contributed by atoms with Gasteiger partial charge in [0.25, 0.3) is 0 Å². The maximum absolute atomic E-state index is 11.7. The van der Waals surface area contributed by atoms with E-state index in [1.54, 1.807) is 0 Å². The number of hydrogen-bond donors (Lipinski definition) is 3. The Labute approximate surface area is 110 Å². The molecule has 1 aliphatic rings. The van der Waals surface area contributed by atoms with Gasteiger partial charge < -0.3 is 10.6 Å². The molecule has 1 amide bonds. The SMILES string of the molecule is CS(=O)(=O)Nc1cnn(CC(=O)NC2CCNC2)n1. The molecule has 1 aromatic heterocycles. The fourth-order valence-corrected chi connectivity index (χ4v) is 2.26. The summed E-state index contributed by atoms with van der Waals surface area (Å²) in [5, 5.41) is 13.7. The summed E-state index contributed by atoms with van der Waals surface area (Å²) >= 11 is 0. The van der Waals surface area contributed by atoms with E-state index in [1.807, 2.05) is 0 Å². The molecule has 19 heavy (non-hydrogen) atoms. The summed E-state index contributed by atoms with van der Waals surface area (Å²) in [5.74, 6) is -0.104. The van der Waals surface area contributed by atoms with Crippen molar-refractivity contribution in [3.8, 4) is 0 Å². The van der Waals surface area contributed by atoms with Gasteiger partial charge in [0.2, 0.25) is 15.9 Å². The first-order valence-electron chi connectivity index (χ1n) is 5.80. The minimum Gasteiger partial charge on any atom is -0.350 e. The predicted octanol–water partition coefficient (Wildman–Crippen LogP) is -1.87. The van der Waals surface area contributed by atoms with Crippen LogP contribution in [0, 0.1) is 0 Å². The lowest BCUT2D eigenvalue weighted by molar-refractivity contribution is -0.122. The molecule has 3 N–H and O–H groups in total. The maximum atomic E-state index is 11.7. The molecule has 0 saturated carbocycles. The lowest BCUT2D eigenvalue weighted by atomic mass is 10.2. The van der Waals surface area contributed by atoms with Crippen LogP contribution >= 0.6 is 0 Å². The van der Waals surface area contributed by atoms with Crippen LogP contribution in [0.3, 0.4) is 0 Å². The van der Waals surface area contributed by atoms with Crippen LogP contribution in [0.15, 0.2) is 6.20 Å². The molecule has 1 fully saturated rings. The summed E-state index contributed by atoms with van der Waals surface area (Å²) in [6.45, 7) is 1.62. The number of anilines is 1. The largest absolute Gasteiger partial charge is 0.350 e. The number of nitrogens with one attached hydrogen (secondary N) is 3. The van der Waals surface area contributed by atoms with Gasteiger partial charge in [0.15, 0.2) is 5.82 Å². The second-order valence-corrected chi connectivity index (χ2v) is 6.14. The van der Waals surface area contributed by atoms with Crippen molar-refractivity contribution in [1.29, 1.82) is 0 Å². The molecule has 1 unspecified atom stereocenters. The molecule has 1 atom stereocenters. The highest BCUT2D eigenvalue weighted by molar-refractivity contribution is 7.92. The molecular formula is C9H16N6O3S. The van der Waals surface area contributed by atoms with Crippen molar-refractivity contribution in [2.45, 2.75) is 19.0 Å². The standard InChI is InChI=1S/C9H16N6O3S/c1-19(17,18)14-8-5-11-15(13-8)6-9(16)12-7-2-3-10-4-7/h5,7,10H,2-4,6H2,1H3,(H,12,16)(H,13,14). The highest BCUT2D eigenvalue weighted by Gasteiger charge is 2.17. The zero-order chi connectivity index (χ0) is 13.9. The highest BCUT2D eigenvalue weighted by Crippen LogP contribution is 2.01. The van der Waals surface area contributed by atoms with E-state index >= 15 is 0 Å². The molecule has 1 aliphatic heterocycles. The van der Waals surface area contributed by atoms with Crippen LogP contribution in [0.1, 0.15) is 6.42 Å².